The molecule has 0 spiro atoms. The van der Waals surface area contributed by atoms with E-state index < -0.39 is 11.7 Å². The van der Waals surface area contributed by atoms with Crippen LogP contribution in [0.3, 0.4) is 0 Å². The monoisotopic (exact) mass is 395 g/mol. The average Bonchev–Trinajstić information content (AvgIpc) is 2.64. The van der Waals surface area contributed by atoms with Crippen LogP contribution < -0.4 is 0 Å². The molecular formula is C22H28F3NO2. The van der Waals surface area contributed by atoms with E-state index in [-0.39, 0.29) is 24.4 Å². The smallest absolute Gasteiger partial charge is 0.416 e. The predicted octanol–water partition coefficient (Wildman–Crippen LogP) is 5.14. The summed E-state index contributed by atoms with van der Waals surface area (Å²) in [7, 11) is 0. The lowest BCUT2D eigenvalue weighted by molar-refractivity contribution is -0.137. The summed E-state index contributed by atoms with van der Waals surface area (Å²) in [6, 6.07) is 11.0. The SMILES string of the molecule is CC(C)N(Cc1ccc(C(F)(F)F)cc1)C(C)CCc1ccc(O)c(CO)c1. The number of hydrogen-bond donors (Lipinski definition) is 2. The summed E-state index contributed by atoms with van der Waals surface area (Å²) in [5.41, 5.74) is 1.76. The van der Waals surface area contributed by atoms with Gasteiger partial charge in [-0.15, -0.1) is 0 Å². The van der Waals surface area contributed by atoms with E-state index in [4.69, 9.17) is 0 Å². The number of aliphatic hydroxyl groups excluding tert-OH is 1. The Morgan fingerprint density at radius 1 is 0.964 bits per heavy atom. The minimum absolute atomic E-state index is 0.0883. The summed E-state index contributed by atoms with van der Waals surface area (Å²) < 4.78 is 38.2. The highest BCUT2D eigenvalue weighted by Gasteiger charge is 2.30. The van der Waals surface area contributed by atoms with E-state index in [0.29, 0.717) is 12.1 Å². The second-order valence-electron chi connectivity index (χ2n) is 7.47. The Balaban J connectivity index is 2.02. The van der Waals surface area contributed by atoms with Gasteiger partial charge in [-0.2, -0.15) is 13.2 Å². The molecule has 1 unspecified atom stereocenters. The molecule has 0 bridgehead atoms. The maximum atomic E-state index is 12.7. The zero-order valence-corrected chi connectivity index (χ0v) is 16.5. The summed E-state index contributed by atoms with van der Waals surface area (Å²) in [6.45, 7) is 6.63. The van der Waals surface area contributed by atoms with Gasteiger partial charge in [-0.05, 0) is 69.0 Å². The third-order valence-electron chi connectivity index (χ3n) is 5.04. The van der Waals surface area contributed by atoms with Crippen LogP contribution in [-0.4, -0.2) is 27.2 Å². The molecule has 0 aromatic heterocycles. The zero-order chi connectivity index (χ0) is 20.9. The van der Waals surface area contributed by atoms with E-state index in [2.05, 4.69) is 25.7 Å². The zero-order valence-electron chi connectivity index (χ0n) is 16.5. The topological polar surface area (TPSA) is 43.7 Å². The first kappa shape index (κ1) is 22.2. The van der Waals surface area contributed by atoms with Crippen molar-refractivity contribution in [2.45, 2.75) is 65.0 Å². The average molecular weight is 395 g/mol. The Morgan fingerprint density at radius 3 is 2.11 bits per heavy atom. The standard InChI is InChI=1S/C22H28F3NO2/c1-15(2)26(13-18-6-9-20(10-7-18)22(23,24)25)16(3)4-5-17-8-11-21(28)19(12-17)14-27/h6-12,15-16,27-28H,4-5,13-14H2,1-3H3. The fourth-order valence-electron chi connectivity index (χ4n) is 3.32. The maximum Gasteiger partial charge on any atom is 0.416 e. The number of halogens is 3. The van der Waals surface area contributed by atoms with Crippen LogP contribution in [0.2, 0.25) is 0 Å². The molecule has 0 saturated heterocycles. The van der Waals surface area contributed by atoms with Crippen LogP contribution in [0.5, 0.6) is 5.75 Å². The Bertz CT molecular complexity index is 757. The van der Waals surface area contributed by atoms with Crippen molar-refractivity contribution in [3.05, 3.63) is 64.7 Å². The van der Waals surface area contributed by atoms with Crippen LogP contribution in [0.15, 0.2) is 42.5 Å². The number of hydrogen-bond acceptors (Lipinski definition) is 3. The molecule has 0 amide bonds. The van der Waals surface area contributed by atoms with E-state index in [1.165, 1.54) is 0 Å². The lowest BCUT2D eigenvalue weighted by Crippen LogP contribution is -2.38. The van der Waals surface area contributed by atoms with Crippen molar-refractivity contribution in [3.63, 3.8) is 0 Å². The Morgan fingerprint density at radius 2 is 1.57 bits per heavy atom. The molecule has 2 aromatic carbocycles. The Labute approximate surface area is 164 Å². The highest BCUT2D eigenvalue weighted by atomic mass is 19.4. The summed E-state index contributed by atoms with van der Waals surface area (Å²) in [6.07, 6.45) is -2.68. The van der Waals surface area contributed by atoms with Gasteiger partial charge in [-0.1, -0.05) is 18.2 Å². The quantitative estimate of drug-likeness (QED) is 0.651. The number of benzene rings is 2. The van der Waals surface area contributed by atoms with Gasteiger partial charge in [0.25, 0.3) is 0 Å². The van der Waals surface area contributed by atoms with Crippen molar-refractivity contribution in [1.29, 1.82) is 0 Å². The molecule has 6 heteroatoms. The fourth-order valence-corrected chi connectivity index (χ4v) is 3.32. The molecule has 0 saturated carbocycles. The first-order valence-corrected chi connectivity index (χ1v) is 9.45. The van der Waals surface area contributed by atoms with E-state index in [9.17, 15) is 23.4 Å². The summed E-state index contributed by atoms with van der Waals surface area (Å²) in [5.74, 6) is 0.0883. The molecule has 28 heavy (non-hydrogen) atoms. The highest BCUT2D eigenvalue weighted by Crippen LogP contribution is 2.29. The van der Waals surface area contributed by atoms with Gasteiger partial charge in [0.15, 0.2) is 0 Å². The molecule has 0 radical (unpaired) electrons. The second-order valence-corrected chi connectivity index (χ2v) is 7.47. The largest absolute Gasteiger partial charge is 0.508 e. The van der Waals surface area contributed by atoms with Gasteiger partial charge in [0.1, 0.15) is 5.75 Å². The highest BCUT2D eigenvalue weighted by molar-refractivity contribution is 5.35. The number of alkyl halides is 3. The van der Waals surface area contributed by atoms with Crippen LogP contribution in [0.25, 0.3) is 0 Å². The molecule has 154 valence electrons. The fraction of sp³-hybridized carbons (Fsp3) is 0.455. The van der Waals surface area contributed by atoms with Gasteiger partial charge in [0.05, 0.1) is 12.2 Å². The van der Waals surface area contributed by atoms with Crippen molar-refractivity contribution in [3.8, 4) is 5.75 Å². The van der Waals surface area contributed by atoms with Crippen LogP contribution in [0.4, 0.5) is 13.2 Å². The maximum absolute atomic E-state index is 12.7. The molecule has 2 aromatic rings. The van der Waals surface area contributed by atoms with Gasteiger partial charge in [-0.25, -0.2) is 0 Å². The minimum atomic E-state index is -4.32. The van der Waals surface area contributed by atoms with Gasteiger partial charge in [0, 0.05) is 24.2 Å². The van der Waals surface area contributed by atoms with Gasteiger partial charge in [-0.3, -0.25) is 4.90 Å². The van der Waals surface area contributed by atoms with Crippen molar-refractivity contribution in [2.24, 2.45) is 0 Å². The molecular weight excluding hydrogens is 367 g/mol. The minimum Gasteiger partial charge on any atom is -0.508 e. The van der Waals surface area contributed by atoms with Crippen molar-refractivity contribution >= 4 is 0 Å². The van der Waals surface area contributed by atoms with Gasteiger partial charge >= 0.3 is 6.18 Å². The molecule has 1 atom stereocenters. The van der Waals surface area contributed by atoms with Gasteiger partial charge in [0.2, 0.25) is 0 Å². The van der Waals surface area contributed by atoms with Crippen LogP contribution in [0, 0.1) is 0 Å². The lowest BCUT2D eigenvalue weighted by atomic mass is 10.0. The number of aliphatic hydroxyl groups is 1. The second kappa shape index (κ2) is 9.43. The van der Waals surface area contributed by atoms with Crippen molar-refractivity contribution in [1.82, 2.24) is 4.90 Å². The Hall–Kier alpha value is -2.05. The molecule has 0 fully saturated rings. The molecule has 0 aliphatic rings. The van der Waals surface area contributed by atoms with Crippen molar-refractivity contribution in [2.75, 3.05) is 0 Å². The van der Waals surface area contributed by atoms with Gasteiger partial charge < -0.3 is 10.2 Å². The molecule has 3 nitrogen and oxygen atoms in total. The number of phenols is 1. The van der Waals surface area contributed by atoms with Crippen LogP contribution in [-0.2, 0) is 25.7 Å². The normalized spacial score (nSPS) is 13.3. The summed E-state index contributed by atoms with van der Waals surface area (Å²) in [4.78, 5) is 2.26. The van der Waals surface area contributed by atoms with E-state index in [1.807, 2.05) is 6.07 Å². The number of nitrogens with zero attached hydrogens (tertiary/aromatic N) is 1. The number of aromatic hydroxyl groups is 1. The third kappa shape index (κ3) is 5.97. The first-order valence-electron chi connectivity index (χ1n) is 9.45. The molecule has 2 N–H and O–H groups in total. The summed E-state index contributed by atoms with van der Waals surface area (Å²) >= 11 is 0. The predicted molar refractivity (Wildman–Crippen MR) is 104 cm³/mol. The lowest BCUT2D eigenvalue weighted by Gasteiger charge is -2.33. The van der Waals surface area contributed by atoms with Crippen molar-refractivity contribution < 1.29 is 23.4 Å². The number of aryl methyl sites for hydroxylation is 1. The molecule has 0 aliphatic carbocycles. The van der Waals surface area contributed by atoms with E-state index in [0.717, 1.165) is 36.1 Å². The van der Waals surface area contributed by atoms with E-state index in [1.54, 1.807) is 24.3 Å². The molecule has 2 rings (SSSR count). The van der Waals surface area contributed by atoms with Crippen LogP contribution >= 0.6 is 0 Å². The molecule has 0 heterocycles. The Kier molecular flexibility index (Phi) is 7.49. The third-order valence-corrected chi connectivity index (χ3v) is 5.04. The van der Waals surface area contributed by atoms with E-state index >= 15 is 0 Å². The number of rotatable bonds is 8. The molecule has 0 aliphatic heterocycles. The van der Waals surface area contributed by atoms with Crippen LogP contribution in [0.1, 0.15) is 49.4 Å². The first-order chi connectivity index (χ1) is 13.1. The summed E-state index contributed by atoms with van der Waals surface area (Å²) in [5, 5.41) is 18.9.